The number of nitrogens with one attached hydrogen (secondary N) is 1. The van der Waals surface area contributed by atoms with E-state index in [1.807, 2.05) is 25.1 Å². The van der Waals surface area contributed by atoms with E-state index < -0.39 is 0 Å². The summed E-state index contributed by atoms with van der Waals surface area (Å²) in [6.07, 6.45) is 4.53. The first-order valence-corrected chi connectivity index (χ1v) is 10.0. The Kier molecular flexibility index (Phi) is 6.54. The van der Waals surface area contributed by atoms with Crippen molar-refractivity contribution in [2.24, 2.45) is 0 Å². The Morgan fingerprint density at radius 3 is 2.46 bits per heavy atom. The van der Waals surface area contributed by atoms with Gasteiger partial charge in [0.05, 0.1) is 7.11 Å². The number of hydrogen-bond acceptors (Lipinski definition) is 4. The summed E-state index contributed by atoms with van der Waals surface area (Å²) in [6, 6.07) is 6.65. The minimum Gasteiger partial charge on any atom is -0.496 e. The molecule has 1 heterocycles. The van der Waals surface area contributed by atoms with Crippen molar-refractivity contribution >= 4 is 5.91 Å². The number of piperazine rings is 1. The average molecular weight is 360 g/mol. The van der Waals surface area contributed by atoms with E-state index in [0.29, 0.717) is 17.6 Å². The highest BCUT2D eigenvalue weighted by Gasteiger charge is 2.28. The molecule has 0 atom stereocenters. The van der Waals surface area contributed by atoms with Crippen LogP contribution in [0.3, 0.4) is 0 Å². The number of aryl methyl sites for hydroxylation is 1. The minimum atomic E-state index is 0.0170. The van der Waals surface area contributed by atoms with Gasteiger partial charge in [0.2, 0.25) is 0 Å². The lowest BCUT2D eigenvalue weighted by atomic mass is 9.89. The number of benzene rings is 1. The topological polar surface area (TPSA) is 44.8 Å². The first kappa shape index (κ1) is 19.2. The molecule has 1 amide bonds. The van der Waals surface area contributed by atoms with Gasteiger partial charge in [-0.15, -0.1) is 0 Å². The molecule has 0 unspecified atom stereocenters. The molecule has 144 valence electrons. The van der Waals surface area contributed by atoms with E-state index in [4.69, 9.17) is 4.74 Å². The Hall–Kier alpha value is -1.59. The monoisotopic (exact) mass is 359 g/mol. The fourth-order valence-electron chi connectivity index (χ4n) is 4.26. The molecule has 1 saturated heterocycles. The Bertz CT molecular complexity index is 603. The summed E-state index contributed by atoms with van der Waals surface area (Å²) < 4.78 is 5.33. The summed E-state index contributed by atoms with van der Waals surface area (Å²) in [4.78, 5) is 17.7. The molecule has 5 heteroatoms. The molecule has 2 fully saturated rings. The van der Waals surface area contributed by atoms with Crippen molar-refractivity contribution in [3.63, 3.8) is 0 Å². The summed E-state index contributed by atoms with van der Waals surface area (Å²) in [5.41, 5.74) is 1.73. The predicted octanol–water partition coefficient (Wildman–Crippen LogP) is 2.68. The number of rotatable bonds is 5. The third-order valence-electron chi connectivity index (χ3n) is 6.07. The highest BCUT2D eigenvalue weighted by Crippen LogP contribution is 2.25. The molecule has 1 saturated carbocycles. The molecule has 1 aliphatic heterocycles. The van der Waals surface area contributed by atoms with Crippen LogP contribution >= 0.6 is 0 Å². The normalized spacial score (nSPS) is 25.0. The molecule has 26 heavy (non-hydrogen) atoms. The van der Waals surface area contributed by atoms with Gasteiger partial charge in [-0.3, -0.25) is 9.69 Å². The van der Waals surface area contributed by atoms with Crippen molar-refractivity contribution in [1.82, 2.24) is 15.1 Å². The van der Waals surface area contributed by atoms with E-state index in [1.165, 1.54) is 39.0 Å². The SMILES string of the molecule is CCN1CCN(C2CCC(NC(=O)c3ccc(C)c(OC)c3)CC2)CC1. The van der Waals surface area contributed by atoms with Gasteiger partial charge >= 0.3 is 0 Å². The molecule has 5 nitrogen and oxygen atoms in total. The first-order valence-electron chi connectivity index (χ1n) is 10.0. The van der Waals surface area contributed by atoms with E-state index in [9.17, 15) is 4.79 Å². The number of methoxy groups -OCH3 is 1. The van der Waals surface area contributed by atoms with Crippen molar-refractivity contribution in [3.8, 4) is 5.75 Å². The second kappa shape index (κ2) is 8.87. The van der Waals surface area contributed by atoms with E-state index >= 15 is 0 Å². The van der Waals surface area contributed by atoms with Crippen LogP contribution in [0.2, 0.25) is 0 Å². The molecule has 0 radical (unpaired) electrons. The van der Waals surface area contributed by atoms with Gasteiger partial charge < -0.3 is 15.0 Å². The third kappa shape index (κ3) is 4.57. The molecular formula is C21H33N3O2. The average Bonchev–Trinajstić information content (AvgIpc) is 2.69. The van der Waals surface area contributed by atoms with Crippen LogP contribution < -0.4 is 10.1 Å². The zero-order chi connectivity index (χ0) is 18.5. The lowest BCUT2D eigenvalue weighted by molar-refractivity contribution is 0.0730. The summed E-state index contributed by atoms with van der Waals surface area (Å²) in [6.45, 7) is 10.2. The van der Waals surface area contributed by atoms with Crippen molar-refractivity contribution in [2.75, 3.05) is 39.8 Å². The molecule has 1 aliphatic carbocycles. The van der Waals surface area contributed by atoms with Gasteiger partial charge in [-0.1, -0.05) is 13.0 Å². The maximum Gasteiger partial charge on any atom is 0.251 e. The quantitative estimate of drug-likeness (QED) is 0.878. The Morgan fingerprint density at radius 1 is 1.15 bits per heavy atom. The molecule has 3 rings (SSSR count). The van der Waals surface area contributed by atoms with Gasteiger partial charge in [0, 0.05) is 43.8 Å². The maximum atomic E-state index is 12.6. The van der Waals surface area contributed by atoms with E-state index in [-0.39, 0.29) is 5.91 Å². The zero-order valence-electron chi connectivity index (χ0n) is 16.5. The Morgan fingerprint density at radius 2 is 1.85 bits per heavy atom. The summed E-state index contributed by atoms with van der Waals surface area (Å²) >= 11 is 0. The van der Waals surface area contributed by atoms with Gasteiger partial charge in [0.25, 0.3) is 5.91 Å². The number of likely N-dealkylation sites (N-methyl/N-ethyl adjacent to an activating group) is 1. The number of carbonyl (C=O) groups is 1. The van der Waals surface area contributed by atoms with E-state index in [1.54, 1.807) is 7.11 Å². The van der Waals surface area contributed by atoms with Crippen LogP contribution in [0.4, 0.5) is 0 Å². The number of hydrogen-bond donors (Lipinski definition) is 1. The second-order valence-electron chi connectivity index (χ2n) is 7.63. The Labute approximate surface area is 157 Å². The molecule has 0 aromatic heterocycles. The smallest absolute Gasteiger partial charge is 0.251 e. The van der Waals surface area contributed by atoms with Gasteiger partial charge in [-0.2, -0.15) is 0 Å². The molecule has 1 aromatic rings. The van der Waals surface area contributed by atoms with Crippen molar-refractivity contribution in [3.05, 3.63) is 29.3 Å². The predicted molar refractivity (Wildman–Crippen MR) is 105 cm³/mol. The minimum absolute atomic E-state index is 0.0170. The lowest BCUT2D eigenvalue weighted by Gasteiger charge is -2.41. The van der Waals surface area contributed by atoms with Crippen molar-refractivity contribution < 1.29 is 9.53 Å². The van der Waals surface area contributed by atoms with Crippen LogP contribution in [-0.2, 0) is 0 Å². The largest absolute Gasteiger partial charge is 0.496 e. The zero-order valence-corrected chi connectivity index (χ0v) is 16.5. The molecule has 2 aliphatic rings. The van der Waals surface area contributed by atoms with Crippen LogP contribution in [0.15, 0.2) is 18.2 Å². The van der Waals surface area contributed by atoms with Crippen LogP contribution in [0.1, 0.15) is 48.5 Å². The number of carbonyl (C=O) groups excluding carboxylic acids is 1. The van der Waals surface area contributed by atoms with Crippen LogP contribution in [0, 0.1) is 6.92 Å². The molecule has 0 spiro atoms. The third-order valence-corrected chi connectivity index (χ3v) is 6.07. The Balaban J connectivity index is 1.47. The van der Waals surface area contributed by atoms with Crippen molar-refractivity contribution in [1.29, 1.82) is 0 Å². The number of amides is 1. The molecule has 0 bridgehead atoms. The highest BCUT2D eigenvalue weighted by molar-refractivity contribution is 5.94. The number of nitrogens with zero attached hydrogens (tertiary/aromatic N) is 2. The fourth-order valence-corrected chi connectivity index (χ4v) is 4.26. The van der Waals surface area contributed by atoms with Crippen LogP contribution in [0.25, 0.3) is 0 Å². The van der Waals surface area contributed by atoms with Crippen LogP contribution in [-0.4, -0.2) is 67.6 Å². The molecule has 1 N–H and O–H groups in total. The second-order valence-corrected chi connectivity index (χ2v) is 7.63. The molecule has 1 aromatic carbocycles. The lowest BCUT2D eigenvalue weighted by Crippen LogP contribution is -2.52. The van der Waals surface area contributed by atoms with Gasteiger partial charge in [-0.25, -0.2) is 0 Å². The van der Waals surface area contributed by atoms with E-state index in [2.05, 4.69) is 22.0 Å². The summed E-state index contributed by atoms with van der Waals surface area (Å²) in [7, 11) is 1.64. The summed E-state index contributed by atoms with van der Waals surface area (Å²) in [5.74, 6) is 0.788. The number of ether oxygens (including phenoxy) is 1. The van der Waals surface area contributed by atoms with Gasteiger partial charge in [-0.05, 0) is 56.8 Å². The van der Waals surface area contributed by atoms with Crippen LogP contribution in [0.5, 0.6) is 5.75 Å². The van der Waals surface area contributed by atoms with Gasteiger partial charge in [0.15, 0.2) is 0 Å². The van der Waals surface area contributed by atoms with Gasteiger partial charge in [0.1, 0.15) is 5.75 Å². The standard InChI is InChI=1S/C21H33N3O2/c1-4-23-11-13-24(14-12-23)19-9-7-18(8-10-19)22-21(25)17-6-5-16(2)20(15-17)26-3/h5-6,15,18-19H,4,7-14H2,1-3H3,(H,22,25). The maximum absolute atomic E-state index is 12.6. The van der Waals surface area contributed by atoms with E-state index in [0.717, 1.165) is 30.7 Å². The highest BCUT2D eigenvalue weighted by atomic mass is 16.5. The van der Waals surface area contributed by atoms with Crippen molar-refractivity contribution in [2.45, 2.75) is 51.6 Å². The fraction of sp³-hybridized carbons (Fsp3) is 0.667. The molecular weight excluding hydrogens is 326 g/mol. The summed E-state index contributed by atoms with van der Waals surface area (Å²) in [5, 5.41) is 3.22. The first-order chi connectivity index (χ1) is 12.6.